The monoisotopic (exact) mass is 220 g/mol. The third kappa shape index (κ3) is 1.90. The summed E-state index contributed by atoms with van der Waals surface area (Å²) in [5.74, 6) is -0.204. The Bertz CT molecular complexity index is 551. The predicted octanol–water partition coefficient (Wildman–Crippen LogP) is -0.673. The standard InChI is InChI=1S/C8H8N6O2/c9-4-3-10-14-7(4)11-8(16)5-1-2-6(15)13-12-5/h1-3H,9H2,(H,13,15)(H2,10,11,14,16). The smallest absolute Gasteiger partial charge is 0.277 e. The Hall–Kier alpha value is -2.64. The van der Waals surface area contributed by atoms with Crippen molar-refractivity contribution >= 4 is 17.4 Å². The van der Waals surface area contributed by atoms with Crippen LogP contribution in [-0.2, 0) is 0 Å². The van der Waals surface area contributed by atoms with Crippen LogP contribution in [0.15, 0.2) is 23.1 Å². The molecule has 1 amide bonds. The first-order valence-electron chi connectivity index (χ1n) is 4.33. The fourth-order valence-electron chi connectivity index (χ4n) is 1.04. The number of anilines is 2. The van der Waals surface area contributed by atoms with Crippen LogP contribution in [0, 0.1) is 0 Å². The van der Waals surface area contributed by atoms with Crippen molar-refractivity contribution in [1.82, 2.24) is 20.4 Å². The van der Waals surface area contributed by atoms with Crippen molar-refractivity contribution in [2.45, 2.75) is 0 Å². The second kappa shape index (κ2) is 3.85. The number of aromatic amines is 2. The van der Waals surface area contributed by atoms with E-state index in [4.69, 9.17) is 5.73 Å². The fourth-order valence-corrected chi connectivity index (χ4v) is 1.04. The molecule has 8 nitrogen and oxygen atoms in total. The number of nitrogens with one attached hydrogen (secondary N) is 3. The molecule has 2 aromatic rings. The van der Waals surface area contributed by atoms with E-state index in [2.05, 4.69) is 25.7 Å². The van der Waals surface area contributed by atoms with Crippen molar-refractivity contribution in [1.29, 1.82) is 0 Å². The van der Waals surface area contributed by atoms with Gasteiger partial charge in [0.05, 0.1) is 11.9 Å². The maximum absolute atomic E-state index is 11.6. The largest absolute Gasteiger partial charge is 0.394 e. The summed E-state index contributed by atoms with van der Waals surface area (Å²) in [6.45, 7) is 0. The van der Waals surface area contributed by atoms with Gasteiger partial charge in [-0.3, -0.25) is 14.7 Å². The highest BCUT2D eigenvalue weighted by atomic mass is 16.2. The van der Waals surface area contributed by atoms with Gasteiger partial charge < -0.3 is 11.1 Å². The van der Waals surface area contributed by atoms with Crippen molar-refractivity contribution in [2.75, 3.05) is 11.1 Å². The van der Waals surface area contributed by atoms with Gasteiger partial charge in [-0.05, 0) is 6.07 Å². The summed E-state index contributed by atoms with van der Waals surface area (Å²) in [7, 11) is 0. The molecule has 0 aromatic carbocycles. The molecule has 2 aromatic heterocycles. The number of nitrogens with two attached hydrogens (primary N) is 1. The number of nitrogen functional groups attached to an aromatic ring is 1. The van der Waals surface area contributed by atoms with Crippen LogP contribution in [-0.4, -0.2) is 26.3 Å². The minimum Gasteiger partial charge on any atom is -0.394 e. The van der Waals surface area contributed by atoms with Crippen LogP contribution in [0.1, 0.15) is 10.5 Å². The zero-order valence-corrected chi connectivity index (χ0v) is 8.02. The first-order valence-corrected chi connectivity index (χ1v) is 4.33. The second-order valence-electron chi connectivity index (χ2n) is 2.96. The van der Waals surface area contributed by atoms with Gasteiger partial charge in [0.15, 0.2) is 5.82 Å². The van der Waals surface area contributed by atoms with Gasteiger partial charge in [0.1, 0.15) is 5.69 Å². The van der Waals surface area contributed by atoms with Gasteiger partial charge in [0.2, 0.25) is 0 Å². The maximum Gasteiger partial charge on any atom is 0.277 e. The predicted molar refractivity (Wildman–Crippen MR) is 55.8 cm³/mol. The molecule has 0 aliphatic rings. The van der Waals surface area contributed by atoms with Gasteiger partial charge >= 0.3 is 0 Å². The Kier molecular flexibility index (Phi) is 2.38. The van der Waals surface area contributed by atoms with E-state index in [-0.39, 0.29) is 17.1 Å². The van der Waals surface area contributed by atoms with E-state index in [1.54, 1.807) is 0 Å². The molecule has 82 valence electrons. The number of nitrogens with zero attached hydrogens (tertiary/aromatic N) is 2. The van der Waals surface area contributed by atoms with Crippen LogP contribution < -0.4 is 16.6 Å². The summed E-state index contributed by atoms with van der Waals surface area (Å²) in [5.41, 5.74) is 5.52. The number of aromatic nitrogens is 4. The lowest BCUT2D eigenvalue weighted by Crippen LogP contribution is -2.18. The Morgan fingerprint density at radius 2 is 2.19 bits per heavy atom. The van der Waals surface area contributed by atoms with Crippen molar-refractivity contribution < 1.29 is 4.79 Å². The number of hydrogen-bond acceptors (Lipinski definition) is 5. The minimum atomic E-state index is -0.493. The van der Waals surface area contributed by atoms with Gasteiger partial charge in [-0.1, -0.05) is 0 Å². The van der Waals surface area contributed by atoms with Crippen LogP contribution in [0.3, 0.4) is 0 Å². The topological polar surface area (TPSA) is 130 Å². The molecule has 8 heteroatoms. The van der Waals surface area contributed by atoms with Crippen molar-refractivity contribution in [2.24, 2.45) is 0 Å². The van der Waals surface area contributed by atoms with Gasteiger partial charge in [0.25, 0.3) is 11.5 Å². The summed E-state index contributed by atoms with van der Waals surface area (Å²) in [6, 6.07) is 2.51. The zero-order valence-electron chi connectivity index (χ0n) is 8.02. The average molecular weight is 220 g/mol. The second-order valence-corrected chi connectivity index (χ2v) is 2.96. The number of rotatable bonds is 2. The first-order chi connectivity index (χ1) is 7.66. The average Bonchev–Trinajstić information content (AvgIpc) is 2.65. The number of H-pyrrole nitrogens is 2. The molecule has 0 spiro atoms. The van der Waals surface area contributed by atoms with Crippen molar-refractivity contribution in [3.8, 4) is 0 Å². The molecule has 0 unspecified atom stereocenters. The summed E-state index contributed by atoms with van der Waals surface area (Å²) >= 11 is 0. The molecule has 0 fully saturated rings. The summed E-state index contributed by atoms with van der Waals surface area (Å²) in [5, 5.41) is 14.3. The fraction of sp³-hybridized carbons (Fsp3) is 0. The highest BCUT2D eigenvalue weighted by molar-refractivity contribution is 6.03. The Balaban J connectivity index is 2.18. The number of carbonyl (C=O) groups is 1. The summed E-state index contributed by atoms with van der Waals surface area (Å²) in [6.07, 6.45) is 1.37. The normalized spacial score (nSPS) is 10.0. The van der Waals surface area contributed by atoms with Crippen LogP contribution in [0.4, 0.5) is 11.5 Å². The van der Waals surface area contributed by atoms with Gasteiger partial charge in [-0.15, -0.1) is 0 Å². The van der Waals surface area contributed by atoms with Crippen LogP contribution >= 0.6 is 0 Å². The van der Waals surface area contributed by atoms with E-state index in [1.807, 2.05) is 0 Å². The van der Waals surface area contributed by atoms with Gasteiger partial charge in [-0.25, -0.2) is 5.10 Å². The Morgan fingerprint density at radius 1 is 1.38 bits per heavy atom. The minimum absolute atomic E-state index is 0.0774. The number of carbonyl (C=O) groups excluding carboxylic acids is 1. The molecule has 0 bridgehead atoms. The molecule has 0 aliphatic heterocycles. The molecular weight excluding hydrogens is 212 g/mol. The molecular formula is C8H8N6O2. The highest BCUT2D eigenvalue weighted by Crippen LogP contribution is 2.12. The Labute approximate surface area is 88.9 Å². The van der Waals surface area contributed by atoms with Crippen molar-refractivity contribution in [3.63, 3.8) is 0 Å². The van der Waals surface area contributed by atoms with E-state index in [0.29, 0.717) is 5.69 Å². The Morgan fingerprint density at radius 3 is 2.75 bits per heavy atom. The molecule has 0 aliphatic carbocycles. The van der Waals surface area contributed by atoms with Crippen LogP contribution in [0.2, 0.25) is 0 Å². The SMILES string of the molecule is Nc1cn[nH]c1NC(=O)c1ccc(=O)[nH]n1. The van der Waals surface area contributed by atoms with E-state index in [9.17, 15) is 9.59 Å². The van der Waals surface area contributed by atoms with E-state index in [1.165, 1.54) is 18.3 Å². The highest BCUT2D eigenvalue weighted by Gasteiger charge is 2.10. The molecule has 5 N–H and O–H groups in total. The lowest BCUT2D eigenvalue weighted by Gasteiger charge is -2.01. The maximum atomic E-state index is 11.6. The summed E-state index contributed by atoms with van der Waals surface area (Å²) in [4.78, 5) is 22.3. The molecule has 0 saturated heterocycles. The lowest BCUT2D eigenvalue weighted by atomic mass is 10.3. The van der Waals surface area contributed by atoms with Crippen LogP contribution in [0.25, 0.3) is 0 Å². The quantitative estimate of drug-likeness (QED) is 0.533. The molecule has 2 rings (SSSR count). The number of hydrogen-bond donors (Lipinski definition) is 4. The third-order valence-electron chi connectivity index (χ3n) is 1.82. The van der Waals surface area contributed by atoms with E-state index in [0.717, 1.165) is 0 Å². The molecule has 16 heavy (non-hydrogen) atoms. The van der Waals surface area contributed by atoms with Gasteiger partial charge in [-0.2, -0.15) is 10.2 Å². The first kappa shape index (κ1) is 9.90. The zero-order chi connectivity index (χ0) is 11.5. The summed E-state index contributed by atoms with van der Waals surface area (Å²) < 4.78 is 0. The van der Waals surface area contributed by atoms with Gasteiger partial charge in [0, 0.05) is 6.07 Å². The molecule has 2 heterocycles. The molecule has 0 saturated carbocycles. The lowest BCUT2D eigenvalue weighted by molar-refractivity contribution is 0.102. The number of amides is 1. The molecule has 0 radical (unpaired) electrons. The van der Waals surface area contributed by atoms with E-state index < -0.39 is 5.91 Å². The van der Waals surface area contributed by atoms with E-state index >= 15 is 0 Å². The molecule has 0 atom stereocenters. The third-order valence-corrected chi connectivity index (χ3v) is 1.82. The van der Waals surface area contributed by atoms with Crippen LogP contribution in [0.5, 0.6) is 0 Å². The van der Waals surface area contributed by atoms with Crippen molar-refractivity contribution in [3.05, 3.63) is 34.4 Å².